The summed E-state index contributed by atoms with van der Waals surface area (Å²) in [5, 5.41) is 5.88. The van der Waals surface area contributed by atoms with Gasteiger partial charge < -0.3 is 9.80 Å². The van der Waals surface area contributed by atoms with Gasteiger partial charge in [-0.15, -0.1) is 5.10 Å². The van der Waals surface area contributed by atoms with E-state index in [4.69, 9.17) is 10.1 Å². The molecule has 2 aromatic heterocycles. The molecule has 1 aliphatic carbocycles. The maximum atomic E-state index is 12.4. The molecule has 1 amide bonds. The van der Waals surface area contributed by atoms with Crippen molar-refractivity contribution in [1.82, 2.24) is 19.5 Å². The molecule has 4 heterocycles. The Morgan fingerprint density at radius 3 is 2.69 bits per heavy atom. The van der Waals surface area contributed by atoms with Crippen LogP contribution in [0.4, 0.5) is 5.13 Å². The second-order valence-electron chi connectivity index (χ2n) is 9.12. The third-order valence-electron chi connectivity index (χ3n) is 6.08. The van der Waals surface area contributed by atoms with Crippen LogP contribution in [0, 0.1) is 5.92 Å². The van der Waals surface area contributed by atoms with Crippen LogP contribution < -0.4 is 4.90 Å². The fourth-order valence-corrected chi connectivity index (χ4v) is 5.39. The molecule has 6 nitrogen and oxygen atoms in total. The Morgan fingerprint density at radius 1 is 1.19 bits per heavy atom. The van der Waals surface area contributed by atoms with Crippen molar-refractivity contribution in [1.29, 1.82) is 0 Å². The van der Waals surface area contributed by atoms with Gasteiger partial charge in [0, 0.05) is 37.0 Å². The first kappa shape index (κ1) is 16.5. The number of carbonyl (C=O) groups is 1. The summed E-state index contributed by atoms with van der Waals surface area (Å²) in [6.45, 7) is 8.55. The second kappa shape index (κ2) is 5.68. The monoisotopic (exact) mass is 373 g/mol. The van der Waals surface area contributed by atoms with Gasteiger partial charge in [0.2, 0.25) is 16.0 Å². The predicted octanol–water partition coefficient (Wildman–Crippen LogP) is 3.07. The third kappa shape index (κ3) is 2.71. The van der Waals surface area contributed by atoms with Crippen LogP contribution in [0.3, 0.4) is 0 Å². The molecular weight excluding hydrogens is 346 g/mol. The molecule has 2 aliphatic heterocycles. The molecule has 0 bridgehead atoms. The van der Waals surface area contributed by atoms with Gasteiger partial charge in [-0.3, -0.25) is 4.79 Å². The number of carbonyl (C=O) groups excluding carboxylic acids is 1. The van der Waals surface area contributed by atoms with E-state index in [0.717, 1.165) is 48.1 Å². The van der Waals surface area contributed by atoms with Crippen LogP contribution in [0.2, 0.25) is 0 Å². The third-order valence-corrected chi connectivity index (χ3v) is 7.06. The molecule has 2 saturated heterocycles. The molecule has 26 heavy (non-hydrogen) atoms. The van der Waals surface area contributed by atoms with Crippen molar-refractivity contribution < 1.29 is 4.79 Å². The lowest BCUT2D eigenvalue weighted by atomic mass is 9.83. The van der Waals surface area contributed by atoms with Gasteiger partial charge in [-0.05, 0) is 31.6 Å². The molecule has 7 heteroatoms. The summed E-state index contributed by atoms with van der Waals surface area (Å²) in [5.74, 6) is 0.980. The minimum atomic E-state index is 0.0484. The van der Waals surface area contributed by atoms with Crippen LogP contribution in [0.25, 0.3) is 4.96 Å². The van der Waals surface area contributed by atoms with Crippen LogP contribution >= 0.6 is 11.3 Å². The highest BCUT2D eigenvalue weighted by Crippen LogP contribution is 2.40. The lowest BCUT2D eigenvalue weighted by molar-refractivity contribution is -0.140. The average molecular weight is 374 g/mol. The predicted molar refractivity (Wildman–Crippen MR) is 103 cm³/mol. The molecule has 2 atom stereocenters. The fraction of sp³-hybridized carbons (Fsp3) is 0.737. The molecule has 3 aliphatic rings. The Balaban J connectivity index is 1.35. The number of aromatic nitrogens is 3. The van der Waals surface area contributed by atoms with Crippen LogP contribution in [0.1, 0.15) is 58.6 Å². The highest BCUT2D eigenvalue weighted by atomic mass is 32.1. The highest BCUT2D eigenvalue weighted by molar-refractivity contribution is 7.20. The van der Waals surface area contributed by atoms with Crippen LogP contribution in [0.5, 0.6) is 0 Å². The van der Waals surface area contributed by atoms with E-state index >= 15 is 0 Å². The molecular formula is C19H27N5OS. The number of likely N-dealkylation sites (tertiary alicyclic amines) is 1. The standard InChI is InChI=1S/C19H27N5OS/c1-19(2,3)15-11-23-17(20-15)26-18(21-23)22-9-8-14-12(10-22)4-7-16(25)24(14)13-5-6-13/h11-14H,4-10H2,1-3H3/t12-,14+/m0/s1. The van der Waals surface area contributed by atoms with Crippen molar-refractivity contribution in [3.8, 4) is 0 Å². The van der Waals surface area contributed by atoms with Crippen LogP contribution in [-0.4, -0.2) is 50.6 Å². The van der Waals surface area contributed by atoms with E-state index < -0.39 is 0 Å². The van der Waals surface area contributed by atoms with E-state index in [-0.39, 0.29) is 5.41 Å². The SMILES string of the molecule is CC(C)(C)c1cn2nc(N3CC[C@@H]4[C@@H](CCC(=O)N4C4CC4)C3)sc2n1. The number of hydrogen-bond acceptors (Lipinski definition) is 5. The van der Waals surface area contributed by atoms with E-state index in [1.165, 1.54) is 12.8 Å². The quantitative estimate of drug-likeness (QED) is 0.812. The van der Waals surface area contributed by atoms with Crippen molar-refractivity contribution in [2.45, 2.75) is 70.4 Å². The van der Waals surface area contributed by atoms with Crippen molar-refractivity contribution in [3.05, 3.63) is 11.9 Å². The number of fused-ring (bicyclic) bond motifs is 2. The fourth-order valence-electron chi connectivity index (χ4n) is 4.47. The number of piperidine rings is 2. The van der Waals surface area contributed by atoms with Gasteiger partial charge in [-0.2, -0.15) is 0 Å². The van der Waals surface area contributed by atoms with Gasteiger partial charge in [0.25, 0.3) is 0 Å². The number of nitrogens with zero attached hydrogens (tertiary/aromatic N) is 5. The zero-order valence-electron chi connectivity index (χ0n) is 15.8. The minimum absolute atomic E-state index is 0.0484. The Morgan fingerprint density at radius 2 is 2.00 bits per heavy atom. The summed E-state index contributed by atoms with van der Waals surface area (Å²) >= 11 is 1.69. The summed E-state index contributed by atoms with van der Waals surface area (Å²) in [4.78, 5) is 22.8. The van der Waals surface area contributed by atoms with Gasteiger partial charge in [-0.25, -0.2) is 9.50 Å². The number of hydrogen-bond donors (Lipinski definition) is 0. The van der Waals surface area contributed by atoms with E-state index in [9.17, 15) is 4.79 Å². The summed E-state index contributed by atoms with van der Waals surface area (Å²) in [5.41, 5.74) is 1.14. The van der Waals surface area contributed by atoms with Gasteiger partial charge in [-0.1, -0.05) is 32.1 Å². The molecule has 3 fully saturated rings. The molecule has 0 N–H and O–H groups in total. The molecule has 0 spiro atoms. The zero-order chi connectivity index (χ0) is 18.1. The maximum Gasteiger partial charge on any atom is 0.223 e. The molecule has 140 valence electrons. The van der Waals surface area contributed by atoms with E-state index in [2.05, 4.69) is 36.8 Å². The molecule has 0 unspecified atom stereocenters. The maximum absolute atomic E-state index is 12.4. The van der Waals surface area contributed by atoms with Crippen molar-refractivity contribution in [2.24, 2.45) is 5.92 Å². The van der Waals surface area contributed by atoms with E-state index in [0.29, 0.717) is 23.9 Å². The Hall–Kier alpha value is -1.63. The number of anilines is 1. The van der Waals surface area contributed by atoms with Crippen LogP contribution in [0.15, 0.2) is 6.20 Å². The van der Waals surface area contributed by atoms with Gasteiger partial charge in [0.15, 0.2) is 0 Å². The Kier molecular flexibility index (Phi) is 3.61. The summed E-state index contributed by atoms with van der Waals surface area (Å²) in [6, 6.07) is 0.998. The molecule has 5 rings (SSSR count). The number of amides is 1. The number of rotatable bonds is 2. The average Bonchev–Trinajstić information content (AvgIpc) is 3.20. The summed E-state index contributed by atoms with van der Waals surface area (Å²) < 4.78 is 1.94. The van der Waals surface area contributed by atoms with Gasteiger partial charge in [0.1, 0.15) is 0 Å². The summed E-state index contributed by atoms with van der Waals surface area (Å²) in [7, 11) is 0. The highest BCUT2D eigenvalue weighted by Gasteiger charge is 2.45. The first-order valence-electron chi connectivity index (χ1n) is 9.83. The molecule has 2 aromatic rings. The van der Waals surface area contributed by atoms with E-state index in [1.807, 2.05) is 4.52 Å². The van der Waals surface area contributed by atoms with Gasteiger partial charge in [0.05, 0.1) is 11.9 Å². The van der Waals surface area contributed by atoms with Gasteiger partial charge >= 0.3 is 0 Å². The van der Waals surface area contributed by atoms with Crippen molar-refractivity contribution in [3.63, 3.8) is 0 Å². The first-order valence-corrected chi connectivity index (χ1v) is 10.6. The Bertz CT molecular complexity index is 814. The largest absolute Gasteiger partial charge is 0.346 e. The first-order chi connectivity index (χ1) is 12.4. The molecule has 1 saturated carbocycles. The topological polar surface area (TPSA) is 53.7 Å². The minimum Gasteiger partial charge on any atom is -0.346 e. The van der Waals surface area contributed by atoms with E-state index in [1.54, 1.807) is 11.3 Å². The lowest BCUT2D eigenvalue weighted by Gasteiger charge is -2.47. The molecule has 0 aromatic carbocycles. The van der Waals surface area contributed by atoms with Crippen LogP contribution in [-0.2, 0) is 10.2 Å². The molecule has 0 radical (unpaired) electrons. The Labute approximate surface area is 158 Å². The van der Waals surface area contributed by atoms with Crippen molar-refractivity contribution >= 4 is 27.3 Å². The van der Waals surface area contributed by atoms with Crippen molar-refractivity contribution in [2.75, 3.05) is 18.0 Å². The smallest absolute Gasteiger partial charge is 0.223 e. The normalized spacial score (nSPS) is 27.3. The lowest BCUT2D eigenvalue weighted by Crippen LogP contribution is -2.56. The zero-order valence-corrected chi connectivity index (χ0v) is 16.6. The number of imidazole rings is 1. The second-order valence-corrected chi connectivity index (χ2v) is 10.1. The summed E-state index contributed by atoms with van der Waals surface area (Å²) in [6.07, 6.45) is 7.30.